The Morgan fingerprint density at radius 3 is 1.63 bits per heavy atom. The first-order valence-electron chi connectivity index (χ1n) is 11.4. The van der Waals surface area contributed by atoms with Crippen molar-refractivity contribution in [2.45, 2.75) is 116 Å². The highest BCUT2D eigenvalue weighted by molar-refractivity contribution is 5.72. The molecule has 0 radical (unpaired) electrons. The van der Waals surface area contributed by atoms with E-state index in [9.17, 15) is 9.59 Å². The Labute approximate surface area is 167 Å². The van der Waals surface area contributed by atoms with Gasteiger partial charge in [-0.3, -0.25) is 9.59 Å². The van der Waals surface area contributed by atoms with E-state index in [2.05, 4.69) is 11.7 Å². The van der Waals surface area contributed by atoms with E-state index in [0.717, 1.165) is 32.1 Å². The molecule has 0 aliphatic heterocycles. The van der Waals surface area contributed by atoms with Crippen molar-refractivity contribution in [2.75, 3.05) is 13.7 Å². The lowest BCUT2D eigenvalue weighted by molar-refractivity contribution is -0.146. The summed E-state index contributed by atoms with van der Waals surface area (Å²) in [6.45, 7) is 3.19. The molecule has 0 saturated carbocycles. The van der Waals surface area contributed by atoms with E-state index < -0.39 is 0 Å². The molecular weight excluding hydrogens is 340 g/mol. The number of hydrogen-bond donors (Lipinski definition) is 0. The van der Waals surface area contributed by atoms with Crippen molar-refractivity contribution in [2.24, 2.45) is 5.92 Å². The van der Waals surface area contributed by atoms with Crippen LogP contribution in [0.2, 0.25) is 0 Å². The molecular formula is C23H44O4. The Balaban J connectivity index is 3.51. The SMILES string of the molecule is CCCCCCCCCCCCCCCC(CCCCOC=O)C(=O)OC. The molecule has 0 aliphatic rings. The molecule has 0 rings (SSSR count). The minimum Gasteiger partial charge on any atom is -0.469 e. The molecule has 4 nitrogen and oxygen atoms in total. The molecule has 1 atom stereocenters. The number of ether oxygens (including phenoxy) is 2. The fourth-order valence-electron chi connectivity index (χ4n) is 3.58. The number of unbranched alkanes of at least 4 members (excludes halogenated alkanes) is 13. The second-order valence-corrected chi connectivity index (χ2v) is 7.71. The Morgan fingerprint density at radius 1 is 0.741 bits per heavy atom. The maximum absolute atomic E-state index is 11.9. The summed E-state index contributed by atoms with van der Waals surface area (Å²) in [5, 5.41) is 0. The van der Waals surface area contributed by atoms with Crippen molar-refractivity contribution in [3.63, 3.8) is 0 Å². The Hall–Kier alpha value is -1.06. The Kier molecular flexibility index (Phi) is 20.4. The van der Waals surface area contributed by atoms with Crippen LogP contribution in [0.4, 0.5) is 0 Å². The second kappa shape index (κ2) is 21.2. The molecule has 0 aliphatic carbocycles. The van der Waals surface area contributed by atoms with Gasteiger partial charge >= 0.3 is 5.97 Å². The molecule has 0 heterocycles. The van der Waals surface area contributed by atoms with Gasteiger partial charge < -0.3 is 9.47 Å². The van der Waals surface area contributed by atoms with Crippen LogP contribution in [0.25, 0.3) is 0 Å². The van der Waals surface area contributed by atoms with Crippen LogP contribution in [0.5, 0.6) is 0 Å². The van der Waals surface area contributed by atoms with Gasteiger partial charge in [0, 0.05) is 0 Å². The van der Waals surface area contributed by atoms with Crippen LogP contribution in [-0.4, -0.2) is 26.2 Å². The smallest absolute Gasteiger partial charge is 0.308 e. The highest BCUT2D eigenvalue weighted by atomic mass is 16.5. The molecule has 4 heteroatoms. The number of carbonyl (C=O) groups is 2. The first-order valence-corrected chi connectivity index (χ1v) is 11.4. The quantitative estimate of drug-likeness (QED) is 0.127. The van der Waals surface area contributed by atoms with E-state index in [1.54, 1.807) is 0 Å². The van der Waals surface area contributed by atoms with Gasteiger partial charge in [-0.25, -0.2) is 0 Å². The zero-order valence-corrected chi connectivity index (χ0v) is 18.0. The van der Waals surface area contributed by atoms with Gasteiger partial charge in [-0.1, -0.05) is 90.4 Å². The monoisotopic (exact) mass is 384 g/mol. The lowest BCUT2D eigenvalue weighted by atomic mass is 9.95. The molecule has 1 unspecified atom stereocenters. The summed E-state index contributed by atoms with van der Waals surface area (Å²) in [5.74, 6) is -0.0934. The molecule has 0 fully saturated rings. The third-order valence-electron chi connectivity index (χ3n) is 5.32. The zero-order valence-electron chi connectivity index (χ0n) is 18.0. The van der Waals surface area contributed by atoms with Gasteiger partial charge in [0.15, 0.2) is 0 Å². The van der Waals surface area contributed by atoms with Crippen LogP contribution in [-0.2, 0) is 19.1 Å². The van der Waals surface area contributed by atoms with Gasteiger partial charge in [-0.05, 0) is 25.7 Å². The van der Waals surface area contributed by atoms with Gasteiger partial charge in [0.25, 0.3) is 6.47 Å². The number of rotatable bonds is 21. The number of methoxy groups -OCH3 is 1. The molecule has 0 amide bonds. The highest BCUT2D eigenvalue weighted by Crippen LogP contribution is 2.19. The predicted molar refractivity (Wildman–Crippen MR) is 112 cm³/mol. The molecule has 0 spiro atoms. The van der Waals surface area contributed by atoms with Crippen molar-refractivity contribution >= 4 is 12.4 Å². The maximum atomic E-state index is 11.9. The normalized spacial score (nSPS) is 11.9. The molecule has 0 bridgehead atoms. The Bertz CT molecular complexity index is 330. The average molecular weight is 385 g/mol. The second-order valence-electron chi connectivity index (χ2n) is 7.71. The largest absolute Gasteiger partial charge is 0.469 e. The van der Waals surface area contributed by atoms with Crippen molar-refractivity contribution in [3.8, 4) is 0 Å². The minimum atomic E-state index is -0.0924. The summed E-state index contributed by atoms with van der Waals surface area (Å²) in [7, 11) is 1.47. The van der Waals surface area contributed by atoms with Crippen LogP contribution in [0.3, 0.4) is 0 Å². The first-order chi connectivity index (χ1) is 13.3. The van der Waals surface area contributed by atoms with Gasteiger partial charge in [0.05, 0.1) is 19.6 Å². The van der Waals surface area contributed by atoms with Crippen molar-refractivity contribution in [1.82, 2.24) is 0 Å². The number of carbonyl (C=O) groups excluding carboxylic acids is 2. The fourth-order valence-corrected chi connectivity index (χ4v) is 3.58. The molecule has 0 aromatic heterocycles. The highest BCUT2D eigenvalue weighted by Gasteiger charge is 2.18. The summed E-state index contributed by atoms with van der Waals surface area (Å²) in [5.41, 5.74) is 0. The van der Waals surface area contributed by atoms with Crippen LogP contribution >= 0.6 is 0 Å². The molecule has 0 aromatic carbocycles. The van der Waals surface area contributed by atoms with E-state index in [4.69, 9.17) is 4.74 Å². The van der Waals surface area contributed by atoms with Crippen LogP contribution in [0, 0.1) is 5.92 Å². The molecule has 0 aromatic rings. The molecule has 27 heavy (non-hydrogen) atoms. The van der Waals surface area contributed by atoms with Crippen molar-refractivity contribution in [1.29, 1.82) is 0 Å². The van der Waals surface area contributed by atoms with E-state index in [-0.39, 0.29) is 11.9 Å². The van der Waals surface area contributed by atoms with Gasteiger partial charge in [0.2, 0.25) is 0 Å². The maximum Gasteiger partial charge on any atom is 0.308 e. The van der Waals surface area contributed by atoms with Crippen molar-refractivity contribution < 1.29 is 19.1 Å². The van der Waals surface area contributed by atoms with Crippen LogP contribution < -0.4 is 0 Å². The summed E-state index contributed by atoms with van der Waals surface area (Å²) < 4.78 is 9.62. The number of hydrogen-bond acceptors (Lipinski definition) is 4. The van der Waals surface area contributed by atoms with Crippen LogP contribution in [0.15, 0.2) is 0 Å². The third-order valence-corrected chi connectivity index (χ3v) is 5.32. The van der Waals surface area contributed by atoms with E-state index >= 15 is 0 Å². The third kappa shape index (κ3) is 18.1. The summed E-state index contributed by atoms with van der Waals surface area (Å²) in [6.07, 6.45) is 20.8. The standard InChI is InChI=1S/C23H44O4/c1-3-4-5-6-7-8-9-10-11-12-13-14-15-18-22(23(25)26-2)19-16-17-20-27-21-24/h21-22H,3-20H2,1-2H3. The lowest BCUT2D eigenvalue weighted by Crippen LogP contribution is -2.16. The van der Waals surface area contributed by atoms with Gasteiger partial charge in [-0.15, -0.1) is 0 Å². The molecule has 0 N–H and O–H groups in total. The fraction of sp³-hybridized carbons (Fsp3) is 0.913. The Morgan fingerprint density at radius 2 is 1.19 bits per heavy atom. The zero-order chi connectivity index (χ0) is 20.0. The lowest BCUT2D eigenvalue weighted by Gasteiger charge is -2.14. The minimum absolute atomic E-state index is 0.000982. The molecule has 160 valence electrons. The van der Waals surface area contributed by atoms with Crippen LogP contribution in [0.1, 0.15) is 116 Å². The van der Waals surface area contributed by atoms with E-state index in [1.807, 2.05) is 0 Å². The predicted octanol–water partition coefficient (Wildman–Crippen LogP) is 6.60. The van der Waals surface area contributed by atoms with Gasteiger partial charge in [-0.2, -0.15) is 0 Å². The summed E-state index contributed by atoms with van der Waals surface area (Å²) >= 11 is 0. The van der Waals surface area contributed by atoms with E-state index in [0.29, 0.717) is 13.1 Å². The number of esters is 1. The van der Waals surface area contributed by atoms with Gasteiger partial charge in [0.1, 0.15) is 0 Å². The average Bonchev–Trinajstić information content (AvgIpc) is 2.69. The summed E-state index contributed by atoms with van der Waals surface area (Å²) in [6, 6.07) is 0. The first kappa shape index (κ1) is 25.9. The summed E-state index contributed by atoms with van der Waals surface area (Å²) in [4.78, 5) is 22.0. The van der Waals surface area contributed by atoms with E-state index in [1.165, 1.54) is 84.2 Å². The molecule has 0 saturated heterocycles. The topological polar surface area (TPSA) is 52.6 Å². The van der Waals surface area contributed by atoms with Crippen molar-refractivity contribution in [3.05, 3.63) is 0 Å².